The van der Waals surface area contributed by atoms with Crippen LogP contribution >= 0.6 is 0 Å². The Morgan fingerprint density at radius 2 is 1.91 bits per heavy atom. The van der Waals surface area contributed by atoms with E-state index in [9.17, 15) is 9.59 Å². The van der Waals surface area contributed by atoms with Gasteiger partial charge in [-0.25, -0.2) is 4.79 Å². The van der Waals surface area contributed by atoms with Crippen LogP contribution in [0.2, 0.25) is 0 Å². The van der Waals surface area contributed by atoms with Crippen LogP contribution in [0.3, 0.4) is 0 Å². The molecule has 1 fully saturated rings. The molecule has 1 heterocycles. The zero-order valence-corrected chi connectivity index (χ0v) is 13.4. The van der Waals surface area contributed by atoms with E-state index in [0.717, 1.165) is 12.8 Å². The Hall–Kier alpha value is -1.82. The number of furan rings is 1. The molecule has 2 rings (SSSR count). The second-order valence-electron chi connectivity index (χ2n) is 5.88. The summed E-state index contributed by atoms with van der Waals surface area (Å²) in [6.45, 7) is 6.24. The van der Waals surface area contributed by atoms with Crippen molar-refractivity contribution >= 4 is 11.9 Å². The van der Waals surface area contributed by atoms with Crippen molar-refractivity contribution in [2.45, 2.75) is 45.8 Å². The molecule has 1 amide bonds. The number of carbonyl (C=O) groups is 2. The normalized spacial score (nSPS) is 26.3. The summed E-state index contributed by atoms with van der Waals surface area (Å²) < 4.78 is 10.7. The number of hydrogen-bond donors (Lipinski definition) is 2. The lowest BCUT2D eigenvalue weighted by Crippen LogP contribution is -2.69. The quantitative estimate of drug-likeness (QED) is 0.843. The van der Waals surface area contributed by atoms with Crippen molar-refractivity contribution in [2.75, 3.05) is 7.11 Å². The maximum absolute atomic E-state index is 12.3. The smallest absolute Gasteiger partial charge is 0.371 e. The largest absolute Gasteiger partial charge is 0.475 e. The lowest BCUT2D eigenvalue weighted by atomic mass is 9.53. The van der Waals surface area contributed by atoms with E-state index >= 15 is 0 Å². The summed E-state index contributed by atoms with van der Waals surface area (Å²) in [5.41, 5.74) is -0.0912. The molecule has 1 aromatic heterocycles. The van der Waals surface area contributed by atoms with E-state index in [2.05, 4.69) is 19.2 Å². The minimum absolute atomic E-state index is 0.0154. The van der Waals surface area contributed by atoms with Crippen molar-refractivity contribution in [3.8, 4) is 0 Å². The summed E-state index contributed by atoms with van der Waals surface area (Å²) in [5.74, 6) is -1.59. The molecule has 1 aliphatic rings. The second kappa shape index (κ2) is 6.12. The zero-order chi connectivity index (χ0) is 16.5. The maximum Gasteiger partial charge on any atom is 0.371 e. The van der Waals surface area contributed by atoms with Crippen LogP contribution in [-0.2, 0) is 4.74 Å². The molecule has 1 aromatic rings. The Morgan fingerprint density at radius 1 is 1.32 bits per heavy atom. The number of nitrogens with one attached hydrogen (secondary N) is 1. The van der Waals surface area contributed by atoms with Gasteiger partial charge >= 0.3 is 5.97 Å². The zero-order valence-electron chi connectivity index (χ0n) is 13.4. The van der Waals surface area contributed by atoms with E-state index in [1.165, 1.54) is 12.1 Å². The highest BCUT2D eigenvalue weighted by Crippen LogP contribution is 2.52. The molecule has 0 saturated heterocycles. The number of hydrogen-bond acceptors (Lipinski definition) is 4. The maximum atomic E-state index is 12.3. The molecule has 1 saturated carbocycles. The summed E-state index contributed by atoms with van der Waals surface area (Å²) in [6.07, 6.45) is 1.91. The van der Waals surface area contributed by atoms with Gasteiger partial charge < -0.3 is 19.6 Å². The molecular weight excluding hydrogens is 286 g/mol. The lowest BCUT2D eigenvalue weighted by molar-refractivity contribution is -0.164. The number of carbonyl (C=O) groups excluding carboxylic acids is 1. The van der Waals surface area contributed by atoms with E-state index in [1.54, 1.807) is 7.11 Å². The fourth-order valence-electron chi connectivity index (χ4n) is 3.88. The first-order valence-corrected chi connectivity index (χ1v) is 7.58. The van der Waals surface area contributed by atoms with Gasteiger partial charge in [0.1, 0.15) is 0 Å². The van der Waals surface area contributed by atoms with Crippen LogP contribution in [0.4, 0.5) is 0 Å². The molecule has 122 valence electrons. The minimum atomic E-state index is -1.19. The molecule has 0 aliphatic heterocycles. The van der Waals surface area contributed by atoms with E-state index in [4.69, 9.17) is 14.3 Å². The number of carboxylic acids is 1. The summed E-state index contributed by atoms with van der Waals surface area (Å²) in [5, 5.41) is 11.8. The number of carboxylic acid groups (broad SMARTS) is 1. The van der Waals surface area contributed by atoms with Crippen molar-refractivity contribution in [2.24, 2.45) is 11.3 Å². The molecule has 22 heavy (non-hydrogen) atoms. The Bertz CT molecular complexity index is 561. The monoisotopic (exact) mass is 309 g/mol. The summed E-state index contributed by atoms with van der Waals surface area (Å²) in [6, 6.07) is 2.65. The van der Waals surface area contributed by atoms with Crippen molar-refractivity contribution in [3.63, 3.8) is 0 Å². The molecular formula is C16H23NO5. The summed E-state index contributed by atoms with van der Waals surface area (Å²) >= 11 is 0. The van der Waals surface area contributed by atoms with Crippen molar-refractivity contribution < 1.29 is 23.8 Å². The Balaban J connectivity index is 2.14. The minimum Gasteiger partial charge on any atom is -0.475 e. The third-order valence-corrected chi connectivity index (χ3v) is 5.09. The predicted octanol–water partition coefficient (Wildman–Crippen LogP) is 2.55. The fraction of sp³-hybridized carbons (Fsp3) is 0.625. The predicted molar refractivity (Wildman–Crippen MR) is 79.9 cm³/mol. The number of amides is 1. The average molecular weight is 309 g/mol. The highest BCUT2D eigenvalue weighted by atomic mass is 16.5. The average Bonchev–Trinajstić information content (AvgIpc) is 2.99. The molecule has 3 atom stereocenters. The van der Waals surface area contributed by atoms with Gasteiger partial charge in [0, 0.05) is 24.5 Å². The molecule has 1 aliphatic carbocycles. The van der Waals surface area contributed by atoms with Gasteiger partial charge in [0.2, 0.25) is 5.76 Å². The van der Waals surface area contributed by atoms with Crippen LogP contribution in [0.5, 0.6) is 0 Å². The van der Waals surface area contributed by atoms with E-state index < -0.39 is 5.97 Å². The topological polar surface area (TPSA) is 88.8 Å². The number of ether oxygens (including phenoxy) is 1. The third-order valence-electron chi connectivity index (χ3n) is 5.09. The Morgan fingerprint density at radius 3 is 2.36 bits per heavy atom. The van der Waals surface area contributed by atoms with Gasteiger partial charge in [-0.1, -0.05) is 20.8 Å². The number of methoxy groups -OCH3 is 1. The van der Waals surface area contributed by atoms with Crippen LogP contribution in [0.15, 0.2) is 16.5 Å². The molecule has 0 radical (unpaired) electrons. The van der Waals surface area contributed by atoms with Gasteiger partial charge in [-0.15, -0.1) is 0 Å². The number of aromatic carboxylic acids is 1. The fourth-order valence-corrected chi connectivity index (χ4v) is 3.88. The second-order valence-corrected chi connectivity index (χ2v) is 5.88. The molecule has 0 aromatic carbocycles. The molecule has 0 spiro atoms. The van der Waals surface area contributed by atoms with Gasteiger partial charge in [-0.05, 0) is 25.0 Å². The van der Waals surface area contributed by atoms with E-state index in [0.29, 0.717) is 0 Å². The van der Waals surface area contributed by atoms with E-state index in [1.807, 2.05) is 6.92 Å². The molecule has 3 unspecified atom stereocenters. The van der Waals surface area contributed by atoms with Gasteiger partial charge in [-0.3, -0.25) is 4.79 Å². The highest BCUT2D eigenvalue weighted by Gasteiger charge is 2.59. The molecule has 6 heteroatoms. The van der Waals surface area contributed by atoms with Crippen LogP contribution in [0.1, 0.15) is 54.7 Å². The SMILES string of the molecule is CCC1(CC)C(NC(=O)c2ccc(C(=O)O)o2)C(C)C1OC. The van der Waals surface area contributed by atoms with Crippen LogP contribution in [0.25, 0.3) is 0 Å². The van der Waals surface area contributed by atoms with Crippen LogP contribution in [-0.4, -0.2) is 36.2 Å². The summed E-state index contributed by atoms with van der Waals surface area (Å²) in [4.78, 5) is 23.1. The first-order valence-electron chi connectivity index (χ1n) is 7.58. The molecule has 2 N–H and O–H groups in total. The van der Waals surface area contributed by atoms with Gasteiger partial charge in [0.25, 0.3) is 5.91 Å². The first-order chi connectivity index (χ1) is 10.4. The van der Waals surface area contributed by atoms with Crippen LogP contribution in [0, 0.1) is 11.3 Å². The summed E-state index contributed by atoms with van der Waals surface area (Å²) in [7, 11) is 1.70. The van der Waals surface area contributed by atoms with Crippen molar-refractivity contribution in [3.05, 3.63) is 23.7 Å². The highest BCUT2D eigenvalue weighted by molar-refractivity contribution is 5.93. The van der Waals surface area contributed by atoms with Gasteiger partial charge in [-0.2, -0.15) is 0 Å². The lowest BCUT2D eigenvalue weighted by Gasteiger charge is -2.59. The van der Waals surface area contributed by atoms with Crippen molar-refractivity contribution in [1.29, 1.82) is 0 Å². The first kappa shape index (κ1) is 16.5. The van der Waals surface area contributed by atoms with Crippen LogP contribution < -0.4 is 5.32 Å². The molecule has 6 nitrogen and oxygen atoms in total. The Kier molecular flexibility index (Phi) is 4.60. The van der Waals surface area contributed by atoms with Crippen molar-refractivity contribution in [1.82, 2.24) is 5.32 Å². The van der Waals surface area contributed by atoms with Gasteiger partial charge in [0.05, 0.1) is 6.10 Å². The third kappa shape index (κ3) is 2.41. The standard InChI is InChI=1S/C16H23NO5/c1-5-16(6-2)12(9(3)13(16)21-4)17-14(18)10-7-8-11(22-10)15(19)20/h7-9,12-13H,5-6H2,1-4H3,(H,17,18)(H,19,20). The molecule has 0 bridgehead atoms. The Labute approximate surface area is 129 Å². The van der Waals surface area contributed by atoms with E-state index in [-0.39, 0.29) is 40.9 Å². The van der Waals surface area contributed by atoms with Gasteiger partial charge in [0.15, 0.2) is 5.76 Å². The number of rotatable bonds is 6.